The largest absolute Gasteiger partial charge is 0.416 e. The Kier molecular flexibility index (Phi) is 4.75. The van der Waals surface area contributed by atoms with Gasteiger partial charge in [0.2, 0.25) is 10.0 Å². The first-order chi connectivity index (χ1) is 12.6. The van der Waals surface area contributed by atoms with E-state index in [4.69, 9.17) is 5.14 Å². The molecule has 0 bridgehead atoms. The summed E-state index contributed by atoms with van der Waals surface area (Å²) in [5.74, 6) is -0.864. The number of aromatic nitrogens is 1. The lowest BCUT2D eigenvalue weighted by molar-refractivity contribution is -0.137. The molecule has 0 aliphatic rings. The Morgan fingerprint density at radius 3 is 2.33 bits per heavy atom. The summed E-state index contributed by atoms with van der Waals surface area (Å²) in [4.78, 5) is 3.64. The van der Waals surface area contributed by atoms with Crippen LogP contribution in [-0.2, 0) is 16.2 Å². The van der Waals surface area contributed by atoms with Crippen LogP contribution in [0.5, 0.6) is 0 Å². The van der Waals surface area contributed by atoms with Crippen molar-refractivity contribution in [3.05, 3.63) is 72.2 Å². The molecule has 4 nitrogen and oxygen atoms in total. The average Bonchev–Trinajstić information content (AvgIpc) is 2.60. The van der Waals surface area contributed by atoms with E-state index in [1.165, 1.54) is 30.5 Å². The molecule has 1 heterocycles. The van der Waals surface area contributed by atoms with Crippen LogP contribution in [0.15, 0.2) is 65.7 Å². The molecule has 2 aromatic carbocycles. The first-order valence-electron chi connectivity index (χ1n) is 7.52. The van der Waals surface area contributed by atoms with E-state index < -0.39 is 32.5 Å². The van der Waals surface area contributed by atoms with Crippen LogP contribution in [0.25, 0.3) is 22.4 Å². The van der Waals surface area contributed by atoms with E-state index in [1.807, 2.05) is 0 Å². The van der Waals surface area contributed by atoms with Crippen LogP contribution >= 0.6 is 0 Å². The molecule has 140 valence electrons. The summed E-state index contributed by atoms with van der Waals surface area (Å²) in [6.45, 7) is 0. The molecule has 9 heteroatoms. The summed E-state index contributed by atoms with van der Waals surface area (Å²) >= 11 is 0. The molecule has 0 unspecified atom stereocenters. The number of nitrogens with two attached hydrogens (primary N) is 1. The fraction of sp³-hybridized carbons (Fsp3) is 0.0556. The van der Waals surface area contributed by atoms with Crippen LogP contribution < -0.4 is 5.14 Å². The first-order valence-corrected chi connectivity index (χ1v) is 9.07. The van der Waals surface area contributed by atoms with Crippen molar-refractivity contribution in [1.82, 2.24) is 4.98 Å². The number of hydrogen-bond donors (Lipinski definition) is 1. The van der Waals surface area contributed by atoms with Crippen molar-refractivity contribution in [3.8, 4) is 22.4 Å². The van der Waals surface area contributed by atoms with Crippen molar-refractivity contribution >= 4 is 10.0 Å². The molecule has 0 saturated carbocycles. The number of alkyl halides is 3. The number of rotatable bonds is 3. The number of hydrogen-bond acceptors (Lipinski definition) is 3. The standard InChI is InChI=1S/C18H12F4N2O2S/c19-14-8-12(9-15(10-14)27(23,25)26)17-16(5-2-6-24-17)11-3-1-4-13(7-11)18(20,21)22/h1-10H,(H2,23,25,26). The van der Waals surface area contributed by atoms with Gasteiger partial charge >= 0.3 is 6.18 Å². The van der Waals surface area contributed by atoms with E-state index in [0.29, 0.717) is 0 Å². The second-order valence-electron chi connectivity index (χ2n) is 5.70. The maximum atomic E-state index is 13.9. The van der Waals surface area contributed by atoms with E-state index in [2.05, 4.69) is 4.98 Å². The number of sulfonamides is 1. The first kappa shape index (κ1) is 19.0. The van der Waals surface area contributed by atoms with Crippen LogP contribution in [-0.4, -0.2) is 13.4 Å². The van der Waals surface area contributed by atoms with Gasteiger partial charge in [-0.05, 0) is 42.0 Å². The molecule has 0 spiro atoms. The predicted molar refractivity (Wildman–Crippen MR) is 91.4 cm³/mol. The van der Waals surface area contributed by atoms with E-state index in [-0.39, 0.29) is 22.4 Å². The summed E-state index contributed by atoms with van der Waals surface area (Å²) in [6.07, 6.45) is -3.16. The van der Waals surface area contributed by atoms with Crippen molar-refractivity contribution in [2.45, 2.75) is 11.1 Å². The minimum absolute atomic E-state index is 0.0760. The maximum absolute atomic E-state index is 13.9. The molecule has 0 saturated heterocycles. The van der Waals surface area contributed by atoms with Crippen LogP contribution in [0, 0.1) is 5.82 Å². The summed E-state index contributed by atoms with van der Waals surface area (Å²) in [7, 11) is -4.18. The zero-order chi connectivity index (χ0) is 19.8. The Morgan fingerprint density at radius 2 is 1.67 bits per heavy atom. The van der Waals surface area contributed by atoms with E-state index >= 15 is 0 Å². The van der Waals surface area contributed by atoms with E-state index in [9.17, 15) is 26.0 Å². The molecule has 1 aromatic heterocycles. The molecule has 0 aliphatic carbocycles. The van der Waals surface area contributed by atoms with Crippen molar-refractivity contribution in [2.75, 3.05) is 0 Å². The summed E-state index contributed by atoms with van der Waals surface area (Å²) < 4.78 is 76.0. The lowest BCUT2D eigenvalue weighted by Crippen LogP contribution is -2.12. The molecular weight excluding hydrogens is 384 g/mol. The minimum atomic E-state index is -4.53. The van der Waals surface area contributed by atoms with Gasteiger partial charge in [0.1, 0.15) is 5.82 Å². The van der Waals surface area contributed by atoms with Crippen LogP contribution in [0.4, 0.5) is 17.6 Å². The van der Waals surface area contributed by atoms with Gasteiger partial charge in [0.15, 0.2) is 0 Å². The Balaban J connectivity index is 2.21. The van der Waals surface area contributed by atoms with Gasteiger partial charge in [-0.1, -0.05) is 18.2 Å². The molecule has 0 atom stereocenters. The van der Waals surface area contributed by atoms with Gasteiger partial charge in [0.05, 0.1) is 16.2 Å². The number of pyridine rings is 1. The fourth-order valence-corrected chi connectivity index (χ4v) is 3.16. The highest BCUT2D eigenvalue weighted by Crippen LogP contribution is 2.35. The van der Waals surface area contributed by atoms with E-state index in [0.717, 1.165) is 30.3 Å². The highest BCUT2D eigenvalue weighted by molar-refractivity contribution is 7.89. The molecule has 27 heavy (non-hydrogen) atoms. The van der Waals surface area contributed by atoms with Gasteiger partial charge < -0.3 is 0 Å². The number of nitrogens with zero attached hydrogens (tertiary/aromatic N) is 1. The highest BCUT2D eigenvalue weighted by Gasteiger charge is 2.30. The number of primary sulfonamides is 1. The lowest BCUT2D eigenvalue weighted by atomic mass is 9.98. The van der Waals surface area contributed by atoms with Crippen molar-refractivity contribution in [1.29, 1.82) is 0 Å². The van der Waals surface area contributed by atoms with Crippen molar-refractivity contribution < 1.29 is 26.0 Å². The van der Waals surface area contributed by atoms with Gasteiger partial charge in [-0.25, -0.2) is 17.9 Å². The molecule has 0 fully saturated rings. The lowest BCUT2D eigenvalue weighted by Gasteiger charge is -2.12. The molecule has 0 aliphatic heterocycles. The van der Waals surface area contributed by atoms with Crippen molar-refractivity contribution in [3.63, 3.8) is 0 Å². The predicted octanol–water partition coefficient (Wildman–Crippen LogP) is 4.22. The quantitative estimate of drug-likeness (QED) is 0.674. The number of benzene rings is 2. The summed E-state index contributed by atoms with van der Waals surface area (Å²) in [6, 6.07) is 10.5. The molecule has 2 N–H and O–H groups in total. The second-order valence-corrected chi connectivity index (χ2v) is 7.26. The van der Waals surface area contributed by atoms with Gasteiger partial charge in [-0.15, -0.1) is 0 Å². The third-order valence-corrected chi connectivity index (χ3v) is 4.67. The van der Waals surface area contributed by atoms with Crippen LogP contribution in [0.3, 0.4) is 0 Å². The monoisotopic (exact) mass is 396 g/mol. The number of halogens is 4. The van der Waals surface area contributed by atoms with Crippen LogP contribution in [0.2, 0.25) is 0 Å². The Bertz CT molecular complexity index is 1110. The fourth-order valence-electron chi connectivity index (χ4n) is 2.60. The average molecular weight is 396 g/mol. The third-order valence-electron chi connectivity index (χ3n) is 3.78. The van der Waals surface area contributed by atoms with Gasteiger partial charge in [0.25, 0.3) is 0 Å². The Labute approximate surface area is 152 Å². The second kappa shape index (κ2) is 6.75. The summed E-state index contributed by atoms with van der Waals surface area (Å²) in [5.41, 5.74) is -0.156. The van der Waals surface area contributed by atoms with E-state index in [1.54, 1.807) is 0 Å². The van der Waals surface area contributed by atoms with Gasteiger partial charge in [0, 0.05) is 17.3 Å². The van der Waals surface area contributed by atoms with Crippen molar-refractivity contribution in [2.24, 2.45) is 5.14 Å². The van der Waals surface area contributed by atoms with Gasteiger partial charge in [-0.3, -0.25) is 4.98 Å². The zero-order valence-corrected chi connectivity index (χ0v) is 14.4. The normalized spacial score (nSPS) is 12.2. The topological polar surface area (TPSA) is 73.1 Å². The Morgan fingerprint density at radius 1 is 0.926 bits per heavy atom. The third kappa shape index (κ3) is 4.15. The minimum Gasteiger partial charge on any atom is -0.256 e. The molecule has 3 aromatic rings. The zero-order valence-electron chi connectivity index (χ0n) is 13.5. The maximum Gasteiger partial charge on any atom is 0.416 e. The molecule has 3 rings (SSSR count). The Hall–Kier alpha value is -2.78. The molecule has 0 radical (unpaired) electrons. The van der Waals surface area contributed by atoms with Crippen LogP contribution in [0.1, 0.15) is 5.56 Å². The summed E-state index contributed by atoms with van der Waals surface area (Å²) in [5, 5.41) is 5.05. The smallest absolute Gasteiger partial charge is 0.256 e. The van der Waals surface area contributed by atoms with Gasteiger partial charge in [-0.2, -0.15) is 13.2 Å². The highest BCUT2D eigenvalue weighted by atomic mass is 32.2. The molecule has 0 amide bonds. The molecular formula is C18H12F4N2O2S. The SMILES string of the molecule is NS(=O)(=O)c1cc(F)cc(-c2ncccc2-c2cccc(C(F)(F)F)c2)c1.